The number of rotatable bonds is 3. The number of para-hydroxylation sites is 1. The van der Waals surface area contributed by atoms with Gasteiger partial charge in [-0.15, -0.1) is 0 Å². The molecule has 0 aliphatic rings. The van der Waals surface area contributed by atoms with E-state index in [-0.39, 0.29) is 0 Å². The van der Waals surface area contributed by atoms with Gasteiger partial charge < -0.3 is 0 Å². The van der Waals surface area contributed by atoms with E-state index in [0.717, 1.165) is 0 Å². The Morgan fingerprint density at radius 1 is 0.875 bits per heavy atom. The molecule has 3 nitrogen and oxygen atoms in total. The van der Waals surface area contributed by atoms with Crippen LogP contribution in [0.4, 0.5) is 0 Å². The second-order valence-corrected chi connectivity index (χ2v) is 6.91. The first-order valence-electron chi connectivity index (χ1n) is 4.81. The second-order valence-electron chi connectivity index (χ2n) is 3.26. The van der Waals surface area contributed by atoms with Gasteiger partial charge in [0, 0.05) is 0 Å². The maximum atomic E-state index is 12.0. The van der Waals surface area contributed by atoms with E-state index in [4.69, 9.17) is 3.73 Å². The molecule has 2 aromatic rings. The molecule has 1 unspecified atom stereocenters. The zero-order chi connectivity index (χ0) is 11.4. The van der Waals surface area contributed by atoms with Crippen molar-refractivity contribution in [3.8, 4) is 5.75 Å². The first-order valence-corrected chi connectivity index (χ1v) is 8.12. The Hall–Kier alpha value is -1.44. The summed E-state index contributed by atoms with van der Waals surface area (Å²) in [5.41, 5.74) is 0. The topological polar surface area (TPSA) is 46.5 Å². The molecule has 2 aromatic carbocycles. The fourth-order valence-electron chi connectivity index (χ4n) is 1.29. The molecule has 16 heavy (non-hydrogen) atoms. The molecule has 1 atom stereocenters. The molecule has 2 rings (SSSR count). The van der Waals surface area contributed by atoms with Gasteiger partial charge in [-0.1, -0.05) is 0 Å². The van der Waals surface area contributed by atoms with Crippen LogP contribution in [0.3, 0.4) is 0 Å². The van der Waals surface area contributed by atoms with Crippen molar-refractivity contribution in [3.63, 3.8) is 0 Å². The van der Waals surface area contributed by atoms with Crippen molar-refractivity contribution in [1.29, 1.82) is 0 Å². The molecule has 0 radical (unpaired) electrons. The summed E-state index contributed by atoms with van der Waals surface area (Å²) in [7, 11) is 0. The van der Waals surface area contributed by atoms with Crippen LogP contribution in [-0.2, 0) is 3.74 Å². The Bertz CT molecular complexity index is 496. The van der Waals surface area contributed by atoms with Crippen LogP contribution in [0.1, 0.15) is 0 Å². The van der Waals surface area contributed by atoms with E-state index in [1.165, 1.54) is 0 Å². The van der Waals surface area contributed by atoms with Crippen molar-refractivity contribution < 1.29 is 11.6 Å². The molecule has 0 aliphatic heterocycles. The van der Waals surface area contributed by atoms with Crippen molar-refractivity contribution in [3.05, 3.63) is 60.7 Å². The quantitative estimate of drug-likeness (QED) is 0.862. The molecular weight excluding hydrogens is 267 g/mol. The van der Waals surface area contributed by atoms with Crippen LogP contribution >= 0.6 is 0 Å². The van der Waals surface area contributed by atoms with Crippen molar-refractivity contribution >= 4 is 18.5 Å². The van der Waals surface area contributed by atoms with Crippen LogP contribution in [0.15, 0.2) is 60.7 Å². The molecular formula is C12H11AsO3. The third-order valence-corrected chi connectivity index (χ3v) is 5.01. The summed E-state index contributed by atoms with van der Waals surface area (Å²) in [4.78, 5) is 0. The van der Waals surface area contributed by atoms with Gasteiger partial charge in [-0.2, -0.15) is 0 Å². The van der Waals surface area contributed by atoms with E-state index in [0.29, 0.717) is 10.1 Å². The molecule has 0 fully saturated rings. The monoisotopic (exact) mass is 278 g/mol. The van der Waals surface area contributed by atoms with Gasteiger partial charge in [-0.25, -0.2) is 0 Å². The third kappa shape index (κ3) is 2.57. The van der Waals surface area contributed by atoms with Crippen LogP contribution in [0.5, 0.6) is 5.75 Å². The minimum atomic E-state index is -4.43. The molecule has 4 heteroatoms. The fourth-order valence-corrected chi connectivity index (χ4v) is 3.52. The van der Waals surface area contributed by atoms with Gasteiger partial charge in [-0.3, -0.25) is 0 Å². The van der Waals surface area contributed by atoms with Gasteiger partial charge in [0.25, 0.3) is 0 Å². The Morgan fingerprint density at radius 3 is 1.94 bits per heavy atom. The molecule has 1 N–H and O–H groups in total. The summed E-state index contributed by atoms with van der Waals surface area (Å²) in [6.07, 6.45) is 0. The van der Waals surface area contributed by atoms with E-state index in [1.54, 1.807) is 54.6 Å². The van der Waals surface area contributed by atoms with Gasteiger partial charge in [0.1, 0.15) is 0 Å². The Balaban J connectivity index is 2.25. The van der Waals surface area contributed by atoms with Crippen LogP contribution in [-0.4, -0.2) is 18.3 Å². The standard InChI is InChI=1S/C12H11AsO3/c14-13(15,11-7-3-1-4-8-11)16-12-9-5-2-6-10-12/h1-10H,(H,14,15). The molecule has 82 valence electrons. The second kappa shape index (κ2) is 4.60. The minimum absolute atomic E-state index is 0.351. The Labute approximate surface area is 96.7 Å². The zero-order valence-electron chi connectivity index (χ0n) is 8.48. The normalized spacial score (nSPS) is 14.1. The van der Waals surface area contributed by atoms with Crippen LogP contribution in [0.25, 0.3) is 0 Å². The maximum absolute atomic E-state index is 12.0. The van der Waals surface area contributed by atoms with Crippen molar-refractivity contribution in [1.82, 2.24) is 0 Å². The molecule has 0 bridgehead atoms. The molecule has 0 heterocycles. The van der Waals surface area contributed by atoms with E-state index >= 15 is 0 Å². The average Bonchev–Trinajstić information content (AvgIpc) is 2.31. The summed E-state index contributed by atoms with van der Waals surface area (Å²) < 4.78 is 27.3. The van der Waals surface area contributed by atoms with Gasteiger partial charge in [-0.05, 0) is 0 Å². The molecule has 0 aromatic heterocycles. The summed E-state index contributed by atoms with van der Waals surface area (Å²) in [6.45, 7) is 0. The molecule has 0 spiro atoms. The van der Waals surface area contributed by atoms with Crippen LogP contribution in [0.2, 0.25) is 0 Å². The van der Waals surface area contributed by atoms with E-state index in [9.17, 15) is 7.84 Å². The van der Waals surface area contributed by atoms with Crippen LogP contribution < -0.4 is 8.08 Å². The van der Waals surface area contributed by atoms with E-state index in [2.05, 4.69) is 0 Å². The number of hydrogen-bond donors (Lipinski definition) is 1. The molecule has 0 saturated heterocycles. The van der Waals surface area contributed by atoms with Gasteiger partial charge in [0.2, 0.25) is 0 Å². The van der Waals surface area contributed by atoms with Gasteiger partial charge in [0.15, 0.2) is 0 Å². The predicted molar refractivity (Wildman–Crippen MR) is 61.8 cm³/mol. The van der Waals surface area contributed by atoms with Crippen molar-refractivity contribution in [2.24, 2.45) is 0 Å². The number of hydrogen-bond acceptors (Lipinski definition) is 2. The average molecular weight is 278 g/mol. The summed E-state index contributed by atoms with van der Waals surface area (Å²) in [6, 6.07) is 17.1. The van der Waals surface area contributed by atoms with E-state index in [1.807, 2.05) is 6.07 Å². The zero-order valence-corrected chi connectivity index (χ0v) is 10.4. The fraction of sp³-hybridized carbons (Fsp3) is 0. The summed E-state index contributed by atoms with van der Waals surface area (Å²) in [5.74, 6) is 0.413. The molecule has 0 amide bonds. The molecule has 0 aliphatic carbocycles. The van der Waals surface area contributed by atoms with Gasteiger partial charge >= 0.3 is 96.5 Å². The van der Waals surface area contributed by atoms with Crippen molar-refractivity contribution in [2.45, 2.75) is 0 Å². The first-order chi connectivity index (χ1) is 7.68. The van der Waals surface area contributed by atoms with E-state index < -0.39 is 14.2 Å². The third-order valence-electron chi connectivity index (χ3n) is 2.05. The summed E-state index contributed by atoms with van der Waals surface area (Å²) >= 11 is -4.43. The van der Waals surface area contributed by atoms with Crippen molar-refractivity contribution in [2.75, 3.05) is 0 Å². The first kappa shape index (κ1) is 11.1. The van der Waals surface area contributed by atoms with Crippen LogP contribution in [0, 0.1) is 0 Å². The predicted octanol–water partition coefficient (Wildman–Crippen LogP) is 1.33. The Morgan fingerprint density at radius 2 is 1.38 bits per heavy atom. The SMILES string of the molecule is O=[As](O)(Oc1ccccc1)c1ccccc1. The molecule has 0 saturated carbocycles. The number of benzene rings is 2. The summed E-state index contributed by atoms with van der Waals surface area (Å²) in [5, 5.41) is 0. The van der Waals surface area contributed by atoms with Gasteiger partial charge in [0.05, 0.1) is 0 Å². The Kier molecular flexibility index (Phi) is 3.18.